The van der Waals surface area contributed by atoms with Gasteiger partial charge in [-0.25, -0.2) is 9.37 Å². The lowest BCUT2D eigenvalue weighted by Gasteiger charge is -2.06. The molecule has 0 fully saturated rings. The summed E-state index contributed by atoms with van der Waals surface area (Å²) < 4.78 is 14.2. The smallest absolute Gasteiger partial charge is 0.134 e. The summed E-state index contributed by atoms with van der Waals surface area (Å²) >= 11 is 10.9. The van der Waals surface area contributed by atoms with Crippen molar-refractivity contribution in [2.75, 3.05) is 0 Å². The normalized spacial score (nSPS) is 10.6. The Labute approximate surface area is 108 Å². The molecule has 0 aliphatic rings. The molecule has 0 saturated heterocycles. The van der Waals surface area contributed by atoms with Crippen LogP contribution in [-0.4, -0.2) is 9.97 Å². The Kier molecular flexibility index (Phi) is 3.26. The number of rotatable bonds is 1. The number of aromatic amines is 1. The molecule has 1 aromatic heterocycles. The Morgan fingerprint density at radius 1 is 1.35 bits per heavy atom. The minimum atomic E-state index is -0.423. The van der Waals surface area contributed by atoms with Crippen molar-refractivity contribution >= 4 is 23.8 Å². The van der Waals surface area contributed by atoms with Crippen LogP contribution in [0.3, 0.4) is 0 Å². The summed E-state index contributed by atoms with van der Waals surface area (Å²) in [7, 11) is 0. The molecule has 0 aliphatic carbocycles. The molecule has 5 heteroatoms. The molecule has 0 saturated carbocycles. The molecule has 0 amide bonds. The second kappa shape index (κ2) is 4.55. The minimum Gasteiger partial charge on any atom is -0.347 e. The summed E-state index contributed by atoms with van der Waals surface area (Å²) in [5, 5.41) is 0.352. The van der Waals surface area contributed by atoms with Gasteiger partial charge in [0.1, 0.15) is 16.2 Å². The second-order valence-electron chi connectivity index (χ2n) is 3.75. The third kappa shape index (κ3) is 2.37. The standard InChI is InChI=1S/C12H10ClFN2S/c1-6-7(2)16-12(17)11(15-6)9-4-3-8(13)5-10(9)14/h3-5H,1-2H3,(H,16,17). The van der Waals surface area contributed by atoms with Crippen molar-refractivity contribution in [1.29, 1.82) is 0 Å². The molecule has 0 bridgehead atoms. The molecule has 0 spiro atoms. The molecule has 2 nitrogen and oxygen atoms in total. The third-order valence-corrected chi connectivity index (χ3v) is 3.06. The number of nitrogens with one attached hydrogen (secondary N) is 1. The van der Waals surface area contributed by atoms with Gasteiger partial charge >= 0.3 is 0 Å². The van der Waals surface area contributed by atoms with Crippen molar-refractivity contribution in [2.45, 2.75) is 13.8 Å². The van der Waals surface area contributed by atoms with Gasteiger partial charge in [0.05, 0.1) is 5.69 Å². The monoisotopic (exact) mass is 268 g/mol. The Bertz CT molecular complexity index is 637. The Balaban J connectivity index is 2.69. The molecule has 0 unspecified atom stereocenters. The fourth-order valence-corrected chi connectivity index (χ4v) is 1.95. The fourth-order valence-electron chi connectivity index (χ4n) is 1.49. The fraction of sp³-hybridized carbons (Fsp3) is 0.167. The third-order valence-electron chi connectivity index (χ3n) is 2.52. The van der Waals surface area contributed by atoms with E-state index in [-0.39, 0.29) is 0 Å². The van der Waals surface area contributed by atoms with Crippen molar-refractivity contribution in [3.63, 3.8) is 0 Å². The van der Waals surface area contributed by atoms with Crippen molar-refractivity contribution in [3.8, 4) is 11.3 Å². The summed E-state index contributed by atoms with van der Waals surface area (Å²) in [6.45, 7) is 3.72. The first kappa shape index (κ1) is 12.2. The van der Waals surface area contributed by atoms with Crippen LogP contribution in [0, 0.1) is 24.3 Å². The number of halogens is 2. The lowest BCUT2D eigenvalue weighted by atomic mass is 10.1. The zero-order chi connectivity index (χ0) is 12.6. The van der Waals surface area contributed by atoms with Crippen molar-refractivity contribution in [2.24, 2.45) is 0 Å². The molecule has 2 aromatic rings. The summed E-state index contributed by atoms with van der Waals surface area (Å²) in [5.41, 5.74) is 2.48. The van der Waals surface area contributed by atoms with Crippen LogP contribution >= 0.6 is 23.8 Å². The topological polar surface area (TPSA) is 28.7 Å². The van der Waals surface area contributed by atoms with Gasteiger partial charge in [-0.05, 0) is 32.0 Å². The molecule has 1 N–H and O–H groups in total. The molecule has 1 aromatic carbocycles. The highest BCUT2D eigenvalue weighted by molar-refractivity contribution is 7.71. The predicted octanol–water partition coefficient (Wildman–Crippen LogP) is 4.22. The van der Waals surface area contributed by atoms with Gasteiger partial charge in [-0.2, -0.15) is 0 Å². The lowest BCUT2D eigenvalue weighted by molar-refractivity contribution is 0.630. The molecular weight excluding hydrogens is 259 g/mol. The van der Waals surface area contributed by atoms with Crippen LogP contribution in [0.5, 0.6) is 0 Å². The largest absolute Gasteiger partial charge is 0.347 e. The van der Waals surface area contributed by atoms with Gasteiger partial charge in [0, 0.05) is 16.3 Å². The SMILES string of the molecule is Cc1nc(-c2ccc(Cl)cc2F)c(=S)[nH]c1C. The Hall–Kier alpha value is -1.26. The number of nitrogens with zero attached hydrogens (tertiary/aromatic N) is 1. The highest BCUT2D eigenvalue weighted by atomic mass is 35.5. The average Bonchev–Trinajstić information content (AvgIpc) is 2.24. The van der Waals surface area contributed by atoms with Gasteiger partial charge in [-0.15, -0.1) is 0 Å². The van der Waals surface area contributed by atoms with Gasteiger partial charge < -0.3 is 4.98 Å². The number of benzene rings is 1. The van der Waals surface area contributed by atoms with E-state index in [1.54, 1.807) is 12.1 Å². The molecule has 2 rings (SSSR count). The van der Waals surface area contributed by atoms with E-state index < -0.39 is 5.82 Å². The van der Waals surface area contributed by atoms with Crippen molar-refractivity contribution in [3.05, 3.63) is 45.1 Å². The Morgan fingerprint density at radius 3 is 2.71 bits per heavy atom. The van der Waals surface area contributed by atoms with Crippen molar-refractivity contribution in [1.82, 2.24) is 9.97 Å². The number of aromatic nitrogens is 2. The van der Waals surface area contributed by atoms with E-state index >= 15 is 0 Å². The van der Waals surface area contributed by atoms with Gasteiger partial charge in [0.25, 0.3) is 0 Å². The first-order chi connectivity index (χ1) is 7.99. The Morgan fingerprint density at radius 2 is 2.06 bits per heavy atom. The van der Waals surface area contributed by atoms with Crippen LogP contribution in [0.25, 0.3) is 11.3 Å². The molecule has 17 heavy (non-hydrogen) atoms. The van der Waals surface area contributed by atoms with E-state index in [0.717, 1.165) is 11.4 Å². The van der Waals surface area contributed by atoms with E-state index in [0.29, 0.717) is 20.9 Å². The van der Waals surface area contributed by atoms with E-state index in [9.17, 15) is 4.39 Å². The second-order valence-corrected chi connectivity index (χ2v) is 4.59. The molecule has 0 atom stereocenters. The minimum absolute atomic E-state index is 0.352. The maximum absolute atomic E-state index is 13.8. The maximum atomic E-state index is 13.8. The lowest BCUT2D eigenvalue weighted by Crippen LogP contribution is -1.97. The zero-order valence-electron chi connectivity index (χ0n) is 9.34. The average molecular weight is 269 g/mol. The summed E-state index contributed by atoms with van der Waals surface area (Å²) in [6, 6.07) is 4.45. The highest BCUT2D eigenvalue weighted by Crippen LogP contribution is 2.24. The first-order valence-electron chi connectivity index (χ1n) is 5.02. The van der Waals surface area contributed by atoms with Gasteiger partial charge in [-0.3, -0.25) is 0 Å². The van der Waals surface area contributed by atoms with E-state index in [2.05, 4.69) is 9.97 Å². The predicted molar refractivity (Wildman–Crippen MR) is 69.3 cm³/mol. The van der Waals surface area contributed by atoms with Crippen LogP contribution in [0.1, 0.15) is 11.4 Å². The van der Waals surface area contributed by atoms with Gasteiger partial charge in [0.15, 0.2) is 0 Å². The summed E-state index contributed by atoms with van der Waals surface area (Å²) in [5.74, 6) is -0.423. The molecule has 88 valence electrons. The molecule has 0 radical (unpaired) electrons. The van der Waals surface area contributed by atoms with Crippen LogP contribution < -0.4 is 0 Å². The van der Waals surface area contributed by atoms with Crippen LogP contribution in [-0.2, 0) is 0 Å². The van der Waals surface area contributed by atoms with E-state index in [4.69, 9.17) is 23.8 Å². The van der Waals surface area contributed by atoms with E-state index in [1.165, 1.54) is 6.07 Å². The van der Waals surface area contributed by atoms with Gasteiger partial charge in [0.2, 0.25) is 0 Å². The van der Waals surface area contributed by atoms with Crippen LogP contribution in [0.15, 0.2) is 18.2 Å². The number of hydrogen-bond acceptors (Lipinski definition) is 2. The number of hydrogen-bond donors (Lipinski definition) is 1. The van der Waals surface area contributed by atoms with Crippen LogP contribution in [0.2, 0.25) is 5.02 Å². The summed E-state index contributed by atoms with van der Waals surface area (Å²) in [6.07, 6.45) is 0. The van der Waals surface area contributed by atoms with Gasteiger partial charge in [-0.1, -0.05) is 23.8 Å². The summed E-state index contributed by atoms with van der Waals surface area (Å²) in [4.78, 5) is 7.31. The van der Waals surface area contributed by atoms with E-state index in [1.807, 2.05) is 13.8 Å². The number of H-pyrrole nitrogens is 1. The quantitative estimate of drug-likeness (QED) is 0.785. The molecule has 1 heterocycles. The first-order valence-corrected chi connectivity index (χ1v) is 5.80. The number of aryl methyl sites for hydroxylation is 2. The molecular formula is C12H10ClFN2S. The highest BCUT2D eigenvalue weighted by Gasteiger charge is 2.10. The van der Waals surface area contributed by atoms with Crippen LogP contribution in [0.4, 0.5) is 4.39 Å². The zero-order valence-corrected chi connectivity index (χ0v) is 10.9. The molecule has 0 aliphatic heterocycles. The van der Waals surface area contributed by atoms with Crippen molar-refractivity contribution < 1.29 is 4.39 Å². The maximum Gasteiger partial charge on any atom is 0.134 e.